The van der Waals surface area contributed by atoms with E-state index in [9.17, 15) is 19.9 Å². The van der Waals surface area contributed by atoms with Crippen LogP contribution in [0, 0.1) is 29.1 Å². The molecule has 37 heavy (non-hydrogen) atoms. The molecule has 3 fully saturated rings. The Kier molecular flexibility index (Phi) is 10.3. The summed E-state index contributed by atoms with van der Waals surface area (Å²) < 4.78 is 23.5. The van der Waals surface area contributed by atoms with Gasteiger partial charge in [0, 0.05) is 20.6 Å². The van der Waals surface area contributed by atoms with E-state index in [1.54, 1.807) is 6.08 Å². The quantitative estimate of drug-likeness (QED) is 0.240. The second-order valence-electron chi connectivity index (χ2n) is 12.0. The Bertz CT molecular complexity index is 944. The first-order valence-corrected chi connectivity index (χ1v) is 15.5. The number of aliphatic hydroxyl groups is 3. The van der Waals surface area contributed by atoms with Gasteiger partial charge in [0.25, 0.3) is 0 Å². The third kappa shape index (κ3) is 6.42. The predicted octanol–water partition coefficient (Wildman–Crippen LogP) is 6.19. The molecule has 0 radical (unpaired) electrons. The summed E-state index contributed by atoms with van der Waals surface area (Å²) in [5.74, 6) is 1.18. The van der Waals surface area contributed by atoms with Gasteiger partial charge < -0.3 is 24.4 Å². The Morgan fingerprint density at radius 3 is 2.41 bits per heavy atom. The molecule has 210 valence electrons. The molecule has 0 amide bonds. The molecule has 7 heteroatoms. The van der Waals surface area contributed by atoms with Crippen molar-refractivity contribution in [2.24, 2.45) is 29.1 Å². The van der Waals surface area contributed by atoms with Crippen molar-refractivity contribution in [2.75, 3.05) is 14.2 Å². The van der Waals surface area contributed by atoms with Crippen LogP contribution in [0.2, 0.25) is 0 Å². The van der Waals surface area contributed by atoms with Gasteiger partial charge in [0.1, 0.15) is 0 Å². The Hall–Kier alpha value is -1.01. The first-order valence-electron chi connectivity index (χ1n) is 13.9. The van der Waals surface area contributed by atoms with E-state index in [1.165, 1.54) is 26.2 Å². The summed E-state index contributed by atoms with van der Waals surface area (Å²) in [7, 11) is -0.674. The molecule has 3 aliphatic carbocycles. The molecular weight excluding hydrogens is 487 g/mol. The molecule has 0 aliphatic heterocycles. The average molecular weight is 537 g/mol. The molecule has 0 aromatic carbocycles. The van der Waals surface area contributed by atoms with E-state index in [4.69, 9.17) is 9.05 Å². The molecule has 0 aromatic rings. The maximum atomic E-state index is 13.1. The molecule has 0 heterocycles. The van der Waals surface area contributed by atoms with Crippen molar-refractivity contribution in [3.63, 3.8) is 0 Å². The highest BCUT2D eigenvalue weighted by molar-refractivity contribution is 7.54. The van der Waals surface area contributed by atoms with Crippen LogP contribution in [0.25, 0.3) is 0 Å². The van der Waals surface area contributed by atoms with E-state index >= 15 is 0 Å². The van der Waals surface area contributed by atoms with E-state index in [2.05, 4.69) is 38.7 Å². The van der Waals surface area contributed by atoms with Crippen molar-refractivity contribution in [1.82, 2.24) is 0 Å². The van der Waals surface area contributed by atoms with Crippen molar-refractivity contribution in [2.45, 2.75) is 96.6 Å². The molecule has 3 unspecified atom stereocenters. The fourth-order valence-corrected chi connectivity index (χ4v) is 9.25. The largest absolute Gasteiger partial charge is 0.393 e. The smallest absolute Gasteiger partial charge is 0.336 e. The average Bonchev–Trinajstić information content (AvgIpc) is 3.21. The van der Waals surface area contributed by atoms with Gasteiger partial charge in [-0.3, -0.25) is 4.57 Å². The Morgan fingerprint density at radius 2 is 1.78 bits per heavy atom. The number of hydrogen-bond donors (Lipinski definition) is 3. The van der Waals surface area contributed by atoms with Gasteiger partial charge in [0.15, 0.2) is 0 Å². The minimum Gasteiger partial charge on any atom is -0.393 e. The van der Waals surface area contributed by atoms with E-state index in [0.29, 0.717) is 24.7 Å². The van der Waals surface area contributed by atoms with Gasteiger partial charge in [-0.25, -0.2) is 0 Å². The molecule has 3 N–H and O–H groups in total. The molecular formula is C30H49O6P. The molecule has 8 atom stereocenters. The zero-order chi connectivity index (χ0) is 27.5. The van der Waals surface area contributed by atoms with E-state index in [1.807, 2.05) is 13.8 Å². The third-order valence-corrected chi connectivity index (χ3v) is 12.1. The van der Waals surface area contributed by atoms with E-state index < -0.39 is 31.6 Å². The first kappa shape index (κ1) is 30.5. The summed E-state index contributed by atoms with van der Waals surface area (Å²) in [5, 5.41) is 31.3. The normalized spacial score (nSPS) is 35.9. The summed E-state index contributed by atoms with van der Waals surface area (Å²) in [6.45, 7) is 12.6. The van der Waals surface area contributed by atoms with Gasteiger partial charge >= 0.3 is 7.60 Å². The fraction of sp³-hybridized carbons (Fsp3) is 0.733. The minimum absolute atomic E-state index is 0.0725. The maximum Gasteiger partial charge on any atom is 0.336 e. The lowest BCUT2D eigenvalue weighted by atomic mass is 9.61. The lowest BCUT2D eigenvalue weighted by Gasteiger charge is -2.44. The standard InChI is InChI=1S/C30H49O6P/c1-19(2)29(37(34,35-6)36-7)27(32)15-10-20(3)25-13-14-26-22(9-8-16-30(25,26)5)11-12-23-17-24(31)18-28(33)21(23)4/h10-12,15,19-20,24-29,31-33H,4,8-9,13-14,16-18H2,1-3,5-7H3/b15-10+,22-11-,23-12+/t20?,24-,25?,26+,27-,28+,29?,30-/m1/s1. The van der Waals surface area contributed by atoms with Crippen LogP contribution >= 0.6 is 7.60 Å². The zero-order valence-electron chi connectivity index (χ0n) is 23.6. The van der Waals surface area contributed by atoms with Crippen molar-refractivity contribution in [3.8, 4) is 0 Å². The van der Waals surface area contributed by atoms with Crippen LogP contribution in [0.5, 0.6) is 0 Å². The number of allylic oxidation sites excluding steroid dienone is 4. The molecule has 6 nitrogen and oxygen atoms in total. The van der Waals surface area contributed by atoms with Gasteiger partial charge in [-0.15, -0.1) is 0 Å². The molecule has 0 spiro atoms. The van der Waals surface area contributed by atoms with Gasteiger partial charge in [0.2, 0.25) is 0 Å². The summed E-state index contributed by atoms with van der Waals surface area (Å²) in [4.78, 5) is 0. The molecule has 0 bridgehead atoms. The van der Waals surface area contributed by atoms with Crippen LogP contribution in [0.3, 0.4) is 0 Å². The predicted molar refractivity (Wildman–Crippen MR) is 149 cm³/mol. The third-order valence-electron chi connectivity index (χ3n) is 9.46. The molecule has 3 rings (SSSR count). The van der Waals surface area contributed by atoms with Gasteiger partial charge in [-0.1, -0.05) is 64.2 Å². The zero-order valence-corrected chi connectivity index (χ0v) is 24.5. The second-order valence-corrected chi connectivity index (χ2v) is 14.4. The number of hydrogen-bond acceptors (Lipinski definition) is 6. The van der Waals surface area contributed by atoms with Crippen LogP contribution < -0.4 is 0 Å². The summed E-state index contributed by atoms with van der Waals surface area (Å²) in [5.41, 5.74) is 2.69. The highest BCUT2D eigenvalue weighted by Gasteiger charge is 2.50. The molecule has 0 saturated heterocycles. The molecule has 3 saturated carbocycles. The lowest BCUT2D eigenvalue weighted by Crippen LogP contribution is -2.36. The fourth-order valence-electron chi connectivity index (χ4n) is 7.41. The van der Waals surface area contributed by atoms with Crippen molar-refractivity contribution in [1.29, 1.82) is 0 Å². The summed E-state index contributed by atoms with van der Waals surface area (Å²) in [6.07, 6.45) is 12.7. The van der Waals surface area contributed by atoms with Crippen LogP contribution in [-0.4, -0.2) is 53.5 Å². The number of aliphatic hydroxyl groups excluding tert-OH is 3. The summed E-state index contributed by atoms with van der Waals surface area (Å²) >= 11 is 0. The maximum absolute atomic E-state index is 13.1. The van der Waals surface area contributed by atoms with E-state index in [0.717, 1.165) is 36.8 Å². The summed E-state index contributed by atoms with van der Waals surface area (Å²) in [6, 6.07) is 0. The second kappa shape index (κ2) is 12.4. The highest BCUT2D eigenvalue weighted by atomic mass is 31.2. The SMILES string of the molecule is C=C1/C(=C/C=C2/CCC[C@]3(C)C(C(C)/C=C/[C@@H](O)C(C(C)C)P(=O)(OC)OC)CC[C@@H]23)C[C@@H](O)C[C@@H]1O. The number of rotatable bonds is 9. The van der Waals surface area contributed by atoms with Crippen LogP contribution in [0.15, 0.2) is 47.6 Å². The topological polar surface area (TPSA) is 96.2 Å². The molecule has 3 aliphatic rings. The van der Waals surface area contributed by atoms with Crippen molar-refractivity contribution in [3.05, 3.63) is 47.6 Å². The van der Waals surface area contributed by atoms with Crippen LogP contribution in [0.4, 0.5) is 0 Å². The van der Waals surface area contributed by atoms with Gasteiger partial charge in [0.05, 0.1) is 24.0 Å². The van der Waals surface area contributed by atoms with Gasteiger partial charge in [-0.05, 0) is 78.8 Å². The number of fused-ring (bicyclic) bond motifs is 1. The lowest BCUT2D eigenvalue weighted by molar-refractivity contribution is 0.0862. The first-order chi connectivity index (χ1) is 17.4. The van der Waals surface area contributed by atoms with Crippen molar-refractivity contribution < 1.29 is 28.9 Å². The molecule has 0 aromatic heterocycles. The van der Waals surface area contributed by atoms with Crippen LogP contribution in [-0.2, 0) is 13.6 Å². The Labute approximate surface area is 224 Å². The monoisotopic (exact) mass is 536 g/mol. The Balaban J connectivity index is 1.76. The van der Waals surface area contributed by atoms with Crippen molar-refractivity contribution >= 4 is 7.60 Å². The van der Waals surface area contributed by atoms with Crippen LogP contribution in [0.1, 0.15) is 72.6 Å². The minimum atomic E-state index is -3.42. The van der Waals surface area contributed by atoms with E-state index in [-0.39, 0.29) is 17.3 Å². The highest BCUT2D eigenvalue weighted by Crippen LogP contribution is 2.60. The van der Waals surface area contributed by atoms with Gasteiger partial charge in [-0.2, -0.15) is 0 Å². The Morgan fingerprint density at radius 1 is 1.11 bits per heavy atom.